The fourth-order valence-electron chi connectivity index (χ4n) is 3.30. The first-order chi connectivity index (χ1) is 14.1. The molecule has 3 aromatic heterocycles. The van der Waals surface area contributed by atoms with Crippen LogP contribution in [0.1, 0.15) is 29.5 Å². The molecule has 7 heteroatoms. The Kier molecular flexibility index (Phi) is 5.78. The highest BCUT2D eigenvalue weighted by Crippen LogP contribution is 2.28. The molecule has 1 atom stereocenters. The number of rotatable bonds is 8. The van der Waals surface area contributed by atoms with Gasteiger partial charge >= 0.3 is 0 Å². The van der Waals surface area contributed by atoms with Gasteiger partial charge in [-0.15, -0.1) is 11.3 Å². The quantitative estimate of drug-likeness (QED) is 0.484. The van der Waals surface area contributed by atoms with E-state index in [4.69, 9.17) is 13.8 Å². The van der Waals surface area contributed by atoms with E-state index in [0.717, 1.165) is 31.6 Å². The maximum atomic E-state index is 13.1. The number of carbonyl (C=O) groups excluding carboxylic acids is 1. The van der Waals surface area contributed by atoms with Crippen molar-refractivity contribution in [2.45, 2.75) is 26.1 Å². The van der Waals surface area contributed by atoms with Crippen LogP contribution in [0.5, 0.6) is 0 Å². The van der Waals surface area contributed by atoms with Gasteiger partial charge in [0.1, 0.15) is 18.1 Å². The number of hydrogen-bond donors (Lipinski definition) is 1. The third kappa shape index (κ3) is 4.58. The number of aromatic nitrogens is 1. The highest BCUT2D eigenvalue weighted by molar-refractivity contribution is 7.18. The molecule has 3 heterocycles. The topological polar surface area (TPSA) is 63.9 Å². The van der Waals surface area contributed by atoms with Crippen molar-refractivity contribution in [1.29, 1.82) is 0 Å². The molecule has 0 spiro atoms. The van der Waals surface area contributed by atoms with Crippen molar-refractivity contribution < 1.29 is 18.5 Å². The monoisotopic (exact) mass is 410 g/mol. The van der Waals surface area contributed by atoms with E-state index in [0.29, 0.717) is 19.6 Å². The van der Waals surface area contributed by atoms with Crippen molar-refractivity contribution in [3.63, 3.8) is 0 Å². The molecule has 0 radical (unpaired) electrons. The third-order valence-corrected chi connectivity index (χ3v) is 6.26. The molecule has 0 fully saturated rings. The summed E-state index contributed by atoms with van der Waals surface area (Å²) in [5.41, 5.74) is 0.975. The molecular formula is C22H24N3O3S+. The summed E-state index contributed by atoms with van der Waals surface area (Å²) in [5.74, 6) is 1.76. The fraction of sp³-hybridized carbons (Fsp3) is 0.273. The SMILES string of the molecule is C[C@H](c1nc2ccccc2s1)N(C)C(=O)C[NH+](Cc1ccco1)Cc1ccco1. The molecule has 29 heavy (non-hydrogen) atoms. The molecule has 0 bridgehead atoms. The summed E-state index contributed by atoms with van der Waals surface area (Å²) in [4.78, 5) is 20.6. The lowest BCUT2D eigenvalue weighted by Gasteiger charge is -2.25. The second-order valence-corrected chi connectivity index (χ2v) is 8.20. The second kappa shape index (κ2) is 8.63. The Morgan fingerprint density at radius 3 is 2.31 bits per heavy atom. The van der Waals surface area contributed by atoms with E-state index in [1.165, 1.54) is 0 Å². The molecule has 0 saturated carbocycles. The number of nitrogens with one attached hydrogen (secondary N) is 1. The Labute approximate surface area is 173 Å². The summed E-state index contributed by atoms with van der Waals surface area (Å²) in [6.07, 6.45) is 3.31. The molecule has 6 nitrogen and oxygen atoms in total. The van der Waals surface area contributed by atoms with Crippen LogP contribution in [-0.2, 0) is 17.9 Å². The first-order valence-corrected chi connectivity index (χ1v) is 10.4. The summed E-state index contributed by atoms with van der Waals surface area (Å²) < 4.78 is 12.1. The first-order valence-electron chi connectivity index (χ1n) is 9.59. The van der Waals surface area contributed by atoms with E-state index in [1.807, 2.05) is 56.4 Å². The van der Waals surface area contributed by atoms with Crippen LogP contribution in [0, 0.1) is 0 Å². The lowest BCUT2D eigenvalue weighted by molar-refractivity contribution is -0.922. The summed E-state index contributed by atoms with van der Waals surface area (Å²) >= 11 is 1.64. The number of likely N-dealkylation sites (N-methyl/N-ethyl adjacent to an activating group) is 1. The molecule has 150 valence electrons. The van der Waals surface area contributed by atoms with Crippen LogP contribution in [0.4, 0.5) is 0 Å². The fourth-order valence-corrected chi connectivity index (χ4v) is 4.36. The molecule has 0 aliphatic heterocycles. The molecular weight excluding hydrogens is 386 g/mol. The average Bonchev–Trinajstić information content (AvgIpc) is 3.48. The number of fused-ring (bicyclic) bond motifs is 1. The summed E-state index contributed by atoms with van der Waals surface area (Å²) in [6.45, 7) is 3.59. The van der Waals surface area contributed by atoms with Crippen LogP contribution in [0.15, 0.2) is 69.9 Å². The summed E-state index contributed by atoms with van der Waals surface area (Å²) in [6, 6.07) is 15.6. The minimum absolute atomic E-state index is 0.0601. The number of furan rings is 2. The second-order valence-electron chi connectivity index (χ2n) is 7.14. The summed E-state index contributed by atoms with van der Waals surface area (Å²) in [5, 5.41) is 0.945. The number of amides is 1. The van der Waals surface area contributed by atoms with Crippen LogP contribution in [0.25, 0.3) is 10.2 Å². The van der Waals surface area contributed by atoms with Gasteiger partial charge in [-0.3, -0.25) is 4.79 Å². The normalized spacial score (nSPS) is 12.5. The van der Waals surface area contributed by atoms with Crippen molar-refractivity contribution in [3.05, 3.63) is 77.6 Å². The van der Waals surface area contributed by atoms with Crippen molar-refractivity contribution in [1.82, 2.24) is 9.88 Å². The molecule has 1 N–H and O–H groups in total. The number of quaternary nitrogens is 1. The van der Waals surface area contributed by atoms with E-state index in [9.17, 15) is 4.79 Å². The number of thiazole rings is 1. The first kappa shape index (κ1) is 19.4. The largest absolute Gasteiger partial charge is 0.463 e. The van der Waals surface area contributed by atoms with Crippen molar-refractivity contribution in [3.8, 4) is 0 Å². The van der Waals surface area contributed by atoms with Gasteiger partial charge in [0.25, 0.3) is 5.91 Å². The maximum absolute atomic E-state index is 13.1. The van der Waals surface area contributed by atoms with Gasteiger partial charge in [-0.2, -0.15) is 0 Å². The van der Waals surface area contributed by atoms with E-state index < -0.39 is 0 Å². The van der Waals surface area contributed by atoms with E-state index in [1.54, 1.807) is 28.8 Å². The van der Waals surface area contributed by atoms with Gasteiger partial charge in [0.15, 0.2) is 18.1 Å². The van der Waals surface area contributed by atoms with Gasteiger partial charge in [-0.1, -0.05) is 12.1 Å². The highest BCUT2D eigenvalue weighted by atomic mass is 32.1. The molecule has 0 aliphatic rings. The molecule has 0 unspecified atom stereocenters. The van der Waals surface area contributed by atoms with Gasteiger partial charge in [0.05, 0.1) is 28.8 Å². The van der Waals surface area contributed by atoms with E-state index in [-0.39, 0.29) is 11.9 Å². The molecule has 1 aromatic carbocycles. The molecule has 4 rings (SSSR count). The van der Waals surface area contributed by atoms with Crippen LogP contribution in [0.3, 0.4) is 0 Å². The van der Waals surface area contributed by atoms with Crippen LogP contribution >= 0.6 is 11.3 Å². The van der Waals surface area contributed by atoms with Crippen LogP contribution in [-0.4, -0.2) is 29.4 Å². The number of nitrogens with zero attached hydrogens (tertiary/aromatic N) is 2. The Hall–Kier alpha value is -2.90. The van der Waals surface area contributed by atoms with Gasteiger partial charge in [-0.05, 0) is 43.3 Å². The molecule has 4 aromatic rings. The average molecular weight is 411 g/mol. The molecule has 0 saturated heterocycles. The van der Waals surface area contributed by atoms with Crippen molar-refractivity contribution in [2.24, 2.45) is 0 Å². The lowest BCUT2D eigenvalue weighted by atomic mass is 10.2. The Morgan fingerprint density at radius 1 is 1.07 bits per heavy atom. The van der Waals surface area contributed by atoms with Gasteiger partial charge in [-0.25, -0.2) is 4.98 Å². The van der Waals surface area contributed by atoms with Gasteiger partial charge in [0.2, 0.25) is 0 Å². The van der Waals surface area contributed by atoms with Crippen molar-refractivity contribution in [2.75, 3.05) is 13.6 Å². The molecule has 1 amide bonds. The van der Waals surface area contributed by atoms with E-state index in [2.05, 4.69) is 6.07 Å². The highest BCUT2D eigenvalue weighted by Gasteiger charge is 2.25. The standard InChI is InChI=1S/C22H23N3O3S/c1-16(22-23-19-9-3-4-10-20(19)29-22)24(2)21(26)15-25(13-17-7-5-11-27-17)14-18-8-6-12-28-18/h3-12,16H,13-15H2,1-2H3/p+1/t16-/m1/s1. The zero-order valence-electron chi connectivity index (χ0n) is 16.5. The number of hydrogen-bond acceptors (Lipinski definition) is 5. The van der Waals surface area contributed by atoms with E-state index >= 15 is 0 Å². The minimum atomic E-state index is -0.0895. The zero-order valence-corrected chi connectivity index (χ0v) is 17.3. The van der Waals surface area contributed by atoms with Crippen LogP contribution < -0.4 is 4.90 Å². The Bertz CT molecular complexity index is 987. The van der Waals surface area contributed by atoms with Crippen LogP contribution in [0.2, 0.25) is 0 Å². The lowest BCUT2D eigenvalue weighted by Crippen LogP contribution is -3.10. The Morgan fingerprint density at radius 2 is 1.72 bits per heavy atom. The Balaban J connectivity index is 1.46. The summed E-state index contributed by atoms with van der Waals surface area (Å²) in [7, 11) is 1.84. The van der Waals surface area contributed by atoms with Gasteiger partial charge < -0.3 is 18.6 Å². The minimum Gasteiger partial charge on any atom is -0.463 e. The molecule has 0 aliphatic carbocycles. The van der Waals surface area contributed by atoms with Crippen molar-refractivity contribution >= 4 is 27.5 Å². The zero-order chi connectivity index (χ0) is 20.2. The number of benzene rings is 1. The predicted molar refractivity (Wildman–Crippen MR) is 111 cm³/mol. The number of carbonyl (C=O) groups is 1. The smallest absolute Gasteiger partial charge is 0.278 e. The predicted octanol–water partition coefficient (Wildman–Crippen LogP) is 3.29. The maximum Gasteiger partial charge on any atom is 0.278 e. The van der Waals surface area contributed by atoms with Gasteiger partial charge in [0, 0.05) is 7.05 Å². The number of para-hydroxylation sites is 1. The third-order valence-electron chi connectivity index (χ3n) is 5.05.